The monoisotopic (exact) mass is 369 g/mol. The lowest BCUT2D eigenvalue weighted by atomic mass is 10.0. The number of rotatable bonds is 6. The molecule has 2 heterocycles. The molecule has 1 aromatic carbocycles. The number of carbonyl (C=O) groups excluding carboxylic acids is 3. The van der Waals surface area contributed by atoms with Gasteiger partial charge in [0, 0.05) is 6.07 Å². The summed E-state index contributed by atoms with van der Waals surface area (Å²) >= 11 is 0. The van der Waals surface area contributed by atoms with E-state index in [0.29, 0.717) is 4.73 Å². The van der Waals surface area contributed by atoms with Crippen molar-refractivity contribution in [1.29, 1.82) is 0 Å². The van der Waals surface area contributed by atoms with Crippen LogP contribution in [0.4, 0.5) is 0 Å². The average molecular weight is 369 g/mol. The summed E-state index contributed by atoms with van der Waals surface area (Å²) in [5, 5.41) is 11.6. The molecule has 1 aliphatic rings. The number of esters is 1. The van der Waals surface area contributed by atoms with Gasteiger partial charge in [-0.1, -0.05) is 26.0 Å². The molecule has 0 saturated carbocycles. The van der Waals surface area contributed by atoms with Crippen LogP contribution in [0, 0.1) is 11.1 Å². The minimum absolute atomic E-state index is 0.0107. The van der Waals surface area contributed by atoms with Gasteiger partial charge in [-0.3, -0.25) is 14.5 Å². The van der Waals surface area contributed by atoms with Crippen LogP contribution in [0.1, 0.15) is 46.8 Å². The van der Waals surface area contributed by atoms with Gasteiger partial charge in [-0.15, -0.1) is 0 Å². The highest BCUT2D eigenvalue weighted by Crippen LogP contribution is 2.27. The normalized spacial score (nSPS) is 14.4. The molecule has 8 heteroatoms. The molecule has 27 heavy (non-hydrogen) atoms. The molecule has 140 valence electrons. The molecule has 1 aromatic heterocycles. The highest BCUT2D eigenvalue weighted by Gasteiger charge is 2.43. The molecule has 1 unspecified atom stereocenters. The van der Waals surface area contributed by atoms with E-state index in [1.165, 1.54) is 18.5 Å². The summed E-state index contributed by atoms with van der Waals surface area (Å²) < 4.78 is 5.70. The molecule has 0 fully saturated rings. The summed E-state index contributed by atoms with van der Waals surface area (Å²) in [6.45, 7) is 3.41. The average Bonchev–Trinajstić information content (AvgIpc) is 2.90. The van der Waals surface area contributed by atoms with Crippen molar-refractivity contribution in [3.63, 3.8) is 0 Å². The van der Waals surface area contributed by atoms with Crippen LogP contribution < -0.4 is 4.73 Å². The van der Waals surface area contributed by atoms with E-state index in [9.17, 15) is 19.6 Å². The third-order valence-electron chi connectivity index (χ3n) is 4.23. The highest BCUT2D eigenvalue weighted by molar-refractivity contribution is 6.22. The van der Waals surface area contributed by atoms with Crippen LogP contribution in [-0.4, -0.2) is 33.7 Å². The summed E-state index contributed by atoms with van der Waals surface area (Å²) in [5.74, 6) is -1.74. The minimum Gasteiger partial charge on any atom is -0.711 e. The van der Waals surface area contributed by atoms with Crippen LogP contribution in [0.2, 0.25) is 0 Å². The number of nitrogens with zero attached hydrogens (tertiary/aromatic N) is 3. The molecule has 2 amide bonds. The fourth-order valence-corrected chi connectivity index (χ4v) is 2.97. The largest absolute Gasteiger partial charge is 0.711 e. The van der Waals surface area contributed by atoms with Crippen LogP contribution in [0.15, 0.2) is 42.7 Å². The van der Waals surface area contributed by atoms with Crippen molar-refractivity contribution in [1.82, 2.24) is 9.88 Å². The minimum atomic E-state index is -1.07. The predicted molar refractivity (Wildman–Crippen MR) is 93.2 cm³/mol. The molecule has 2 aromatic rings. The Morgan fingerprint density at radius 2 is 1.81 bits per heavy atom. The van der Waals surface area contributed by atoms with Crippen molar-refractivity contribution in [2.24, 2.45) is 5.92 Å². The number of hydrogen-bond donors (Lipinski definition) is 0. The maximum atomic E-state index is 12.7. The lowest BCUT2D eigenvalue weighted by Crippen LogP contribution is -2.46. The SMILES string of the molecule is CC(C)CC(C(=O)OCc1nccc[n+]1[O-])N1C(=O)c2ccccc2C1=O. The summed E-state index contributed by atoms with van der Waals surface area (Å²) in [4.78, 5) is 42.9. The molecule has 8 nitrogen and oxygen atoms in total. The van der Waals surface area contributed by atoms with Gasteiger partial charge in [0.1, 0.15) is 12.2 Å². The van der Waals surface area contributed by atoms with Gasteiger partial charge in [-0.05, 0) is 29.5 Å². The zero-order valence-electron chi connectivity index (χ0n) is 15.0. The Kier molecular flexibility index (Phi) is 5.16. The van der Waals surface area contributed by atoms with Crippen LogP contribution in [0.25, 0.3) is 0 Å². The fourth-order valence-electron chi connectivity index (χ4n) is 2.97. The highest BCUT2D eigenvalue weighted by atomic mass is 16.5. The second-order valence-corrected chi connectivity index (χ2v) is 6.64. The first-order valence-corrected chi connectivity index (χ1v) is 8.56. The van der Waals surface area contributed by atoms with Crippen molar-refractivity contribution in [3.8, 4) is 0 Å². The van der Waals surface area contributed by atoms with E-state index in [0.717, 1.165) is 4.90 Å². The lowest BCUT2D eigenvalue weighted by molar-refractivity contribution is -0.620. The number of amides is 2. The number of hydrogen-bond acceptors (Lipinski definition) is 6. The second kappa shape index (κ2) is 7.53. The van der Waals surface area contributed by atoms with E-state index >= 15 is 0 Å². The van der Waals surface area contributed by atoms with E-state index in [-0.39, 0.29) is 35.9 Å². The maximum Gasteiger partial charge on any atom is 0.339 e. The summed E-state index contributed by atoms with van der Waals surface area (Å²) in [7, 11) is 0. The van der Waals surface area contributed by atoms with Gasteiger partial charge in [0.25, 0.3) is 11.8 Å². The lowest BCUT2D eigenvalue weighted by Gasteiger charge is -2.25. The molecular weight excluding hydrogens is 350 g/mol. The first-order chi connectivity index (χ1) is 12.9. The van der Waals surface area contributed by atoms with Crippen molar-refractivity contribution >= 4 is 17.8 Å². The third-order valence-corrected chi connectivity index (χ3v) is 4.23. The Balaban J connectivity index is 1.82. The van der Waals surface area contributed by atoms with Crippen molar-refractivity contribution in [3.05, 3.63) is 64.9 Å². The molecule has 1 aliphatic heterocycles. The van der Waals surface area contributed by atoms with Crippen LogP contribution in [0.5, 0.6) is 0 Å². The number of benzene rings is 1. The van der Waals surface area contributed by atoms with Gasteiger partial charge >= 0.3 is 11.8 Å². The molecule has 0 saturated heterocycles. The van der Waals surface area contributed by atoms with Crippen molar-refractivity contribution < 1.29 is 23.9 Å². The Morgan fingerprint density at radius 1 is 1.19 bits per heavy atom. The Bertz CT molecular complexity index is 861. The van der Waals surface area contributed by atoms with Gasteiger partial charge in [-0.2, -0.15) is 0 Å². The van der Waals surface area contributed by atoms with Gasteiger partial charge in [0.2, 0.25) is 0 Å². The topological polar surface area (TPSA) is 104 Å². The summed E-state index contributed by atoms with van der Waals surface area (Å²) in [6.07, 6.45) is 2.91. The van der Waals surface area contributed by atoms with E-state index in [2.05, 4.69) is 4.98 Å². The van der Waals surface area contributed by atoms with E-state index < -0.39 is 23.8 Å². The van der Waals surface area contributed by atoms with Crippen LogP contribution >= 0.6 is 0 Å². The summed E-state index contributed by atoms with van der Waals surface area (Å²) in [6, 6.07) is 6.83. The molecular formula is C19H19N3O5. The number of fused-ring (bicyclic) bond motifs is 1. The number of ether oxygens (including phenoxy) is 1. The smallest absolute Gasteiger partial charge is 0.339 e. The number of aromatic nitrogens is 2. The van der Waals surface area contributed by atoms with Gasteiger partial charge in [0.15, 0.2) is 6.61 Å². The van der Waals surface area contributed by atoms with E-state index in [4.69, 9.17) is 4.74 Å². The summed E-state index contributed by atoms with van der Waals surface area (Å²) in [5.41, 5.74) is 0.539. The maximum absolute atomic E-state index is 12.7. The first kappa shape index (κ1) is 18.5. The molecule has 0 bridgehead atoms. The van der Waals surface area contributed by atoms with Gasteiger partial charge in [0.05, 0.1) is 17.3 Å². The molecule has 0 radical (unpaired) electrons. The molecule has 0 aliphatic carbocycles. The Hall–Kier alpha value is -3.29. The van der Waals surface area contributed by atoms with Crippen molar-refractivity contribution in [2.45, 2.75) is 32.9 Å². The molecule has 3 rings (SSSR count). The molecule has 1 atom stereocenters. The number of imide groups is 1. The zero-order valence-corrected chi connectivity index (χ0v) is 15.0. The first-order valence-electron chi connectivity index (χ1n) is 8.56. The van der Waals surface area contributed by atoms with Gasteiger partial charge < -0.3 is 9.94 Å². The van der Waals surface area contributed by atoms with E-state index in [1.54, 1.807) is 24.3 Å². The molecule has 0 spiro atoms. The quantitative estimate of drug-likeness (QED) is 0.331. The Morgan fingerprint density at radius 3 is 2.37 bits per heavy atom. The van der Waals surface area contributed by atoms with Crippen LogP contribution in [0.3, 0.4) is 0 Å². The number of carbonyl (C=O) groups is 3. The standard InChI is InChI=1S/C19H19N3O5/c1-12(2)10-15(19(25)27-11-16-20-8-5-9-21(16)26)22-17(23)13-6-3-4-7-14(13)18(22)24/h3-9,12,15H,10-11H2,1-2H3. The Labute approximate surface area is 156 Å². The van der Waals surface area contributed by atoms with Gasteiger partial charge in [-0.25, -0.2) is 9.52 Å². The van der Waals surface area contributed by atoms with E-state index in [1.807, 2.05) is 13.8 Å². The van der Waals surface area contributed by atoms with Crippen LogP contribution in [-0.2, 0) is 16.1 Å². The van der Waals surface area contributed by atoms with Crippen molar-refractivity contribution in [2.75, 3.05) is 0 Å². The zero-order chi connectivity index (χ0) is 19.6. The fraction of sp³-hybridized carbons (Fsp3) is 0.316. The molecule has 0 N–H and O–H groups in total. The predicted octanol–water partition coefficient (Wildman–Crippen LogP) is 1.47. The third kappa shape index (κ3) is 3.64. The second-order valence-electron chi connectivity index (χ2n) is 6.64.